The van der Waals surface area contributed by atoms with E-state index in [4.69, 9.17) is 19.6 Å². The van der Waals surface area contributed by atoms with Gasteiger partial charge in [0.1, 0.15) is 17.2 Å². The monoisotopic (exact) mass is 450 g/mol. The number of rotatable bonds is 8. The number of aromatic nitrogens is 3. The molecule has 0 spiro atoms. The Bertz CT molecular complexity index is 1250. The predicted molar refractivity (Wildman–Crippen MR) is 126 cm³/mol. The lowest BCUT2D eigenvalue weighted by Gasteiger charge is -2.09. The Balaban J connectivity index is 1.66. The summed E-state index contributed by atoms with van der Waals surface area (Å²) in [5, 5.41) is 10.8. The minimum Gasteiger partial charge on any atom is -0.497 e. The number of ether oxygens (including phenoxy) is 2. The lowest BCUT2D eigenvalue weighted by molar-refractivity contribution is -0.121. The fraction of sp³-hybridized carbons (Fsp3) is 0.292. The Morgan fingerprint density at radius 3 is 2.72 bits per heavy atom. The highest BCUT2D eigenvalue weighted by atomic mass is 32.1. The number of nitrogens with one attached hydrogen (secondary N) is 1. The molecule has 0 saturated heterocycles. The molecule has 1 amide bonds. The topological polar surface area (TPSA) is 78.3 Å². The summed E-state index contributed by atoms with van der Waals surface area (Å²) >= 11 is 1.63. The molecule has 1 N–H and O–H groups in total. The first-order valence-electron chi connectivity index (χ1n) is 10.4. The van der Waals surface area contributed by atoms with Crippen LogP contribution in [-0.4, -0.2) is 34.9 Å². The summed E-state index contributed by atoms with van der Waals surface area (Å²) in [4.78, 5) is 18.3. The minimum atomic E-state index is -0.0185. The van der Waals surface area contributed by atoms with Gasteiger partial charge in [-0.1, -0.05) is 6.07 Å². The van der Waals surface area contributed by atoms with Gasteiger partial charge in [-0.15, -0.1) is 11.3 Å². The van der Waals surface area contributed by atoms with E-state index in [0.717, 1.165) is 38.4 Å². The van der Waals surface area contributed by atoms with Gasteiger partial charge in [-0.2, -0.15) is 5.10 Å². The molecule has 1 aromatic carbocycles. The zero-order valence-corrected chi connectivity index (χ0v) is 19.5. The van der Waals surface area contributed by atoms with Crippen molar-refractivity contribution in [1.82, 2.24) is 20.1 Å². The van der Waals surface area contributed by atoms with Crippen molar-refractivity contribution in [2.45, 2.75) is 33.4 Å². The molecule has 3 aromatic heterocycles. The minimum absolute atomic E-state index is 0.0185. The van der Waals surface area contributed by atoms with Gasteiger partial charge in [0.2, 0.25) is 5.91 Å². The van der Waals surface area contributed by atoms with Crippen LogP contribution in [0.3, 0.4) is 0 Å². The Kier molecular flexibility index (Phi) is 6.41. The molecule has 166 valence electrons. The van der Waals surface area contributed by atoms with Crippen molar-refractivity contribution in [2.75, 3.05) is 14.2 Å². The van der Waals surface area contributed by atoms with Crippen LogP contribution in [0.1, 0.15) is 22.6 Å². The number of carbonyl (C=O) groups excluding carboxylic acids is 1. The van der Waals surface area contributed by atoms with Gasteiger partial charge in [-0.3, -0.25) is 4.79 Å². The standard InChI is InChI=1S/C24H26N4O3S/c1-15-12-16(2)26-24-22(15)23(19-8-7-17(30-3)13-20(19)31-4)27-28(24)10-9-21(29)25-14-18-6-5-11-32-18/h5-8,11-13H,9-10,14H2,1-4H3,(H,25,29). The van der Waals surface area contributed by atoms with E-state index in [0.29, 0.717) is 31.0 Å². The zero-order chi connectivity index (χ0) is 22.7. The summed E-state index contributed by atoms with van der Waals surface area (Å²) in [6, 6.07) is 11.7. The molecule has 4 aromatic rings. The van der Waals surface area contributed by atoms with E-state index in [1.54, 1.807) is 25.6 Å². The molecular weight excluding hydrogens is 424 g/mol. The van der Waals surface area contributed by atoms with Gasteiger partial charge in [0.25, 0.3) is 0 Å². The van der Waals surface area contributed by atoms with Crippen molar-refractivity contribution < 1.29 is 14.3 Å². The highest BCUT2D eigenvalue weighted by molar-refractivity contribution is 7.09. The SMILES string of the molecule is COc1ccc(-c2nn(CCC(=O)NCc3cccs3)c3nc(C)cc(C)c23)c(OC)c1. The second kappa shape index (κ2) is 9.40. The van der Waals surface area contributed by atoms with Crippen LogP contribution in [0.2, 0.25) is 0 Å². The number of carbonyl (C=O) groups is 1. The number of amides is 1. The fourth-order valence-corrected chi connectivity index (χ4v) is 4.39. The van der Waals surface area contributed by atoms with E-state index in [1.807, 2.05) is 53.4 Å². The molecule has 0 radical (unpaired) electrons. The Hall–Kier alpha value is -3.39. The summed E-state index contributed by atoms with van der Waals surface area (Å²) in [6.07, 6.45) is 0.315. The van der Waals surface area contributed by atoms with Gasteiger partial charge in [0, 0.05) is 28.6 Å². The summed E-state index contributed by atoms with van der Waals surface area (Å²) in [5.74, 6) is 1.36. The number of fused-ring (bicyclic) bond motifs is 1. The van der Waals surface area contributed by atoms with Crippen LogP contribution in [0.4, 0.5) is 0 Å². The number of methoxy groups -OCH3 is 2. The highest BCUT2D eigenvalue weighted by Gasteiger charge is 2.20. The van der Waals surface area contributed by atoms with Gasteiger partial charge < -0.3 is 14.8 Å². The molecule has 0 aliphatic heterocycles. The molecule has 3 heterocycles. The van der Waals surface area contributed by atoms with E-state index >= 15 is 0 Å². The van der Waals surface area contributed by atoms with Crippen LogP contribution in [0.5, 0.6) is 11.5 Å². The molecule has 0 saturated carbocycles. The van der Waals surface area contributed by atoms with Gasteiger partial charge in [0.15, 0.2) is 5.65 Å². The molecule has 32 heavy (non-hydrogen) atoms. The van der Waals surface area contributed by atoms with Crippen molar-refractivity contribution in [3.05, 3.63) is 57.9 Å². The van der Waals surface area contributed by atoms with Gasteiger partial charge in [-0.25, -0.2) is 9.67 Å². The van der Waals surface area contributed by atoms with Crippen molar-refractivity contribution in [1.29, 1.82) is 0 Å². The molecule has 0 bridgehead atoms. The average molecular weight is 451 g/mol. The lowest BCUT2D eigenvalue weighted by Crippen LogP contribution is -2.23. The Labute approximate surface area is 191 Å². The lowest BCUT2D eigenvalue weighted by atomic mass is 10.0. The summed E-state index contributed by atoms with van der Waals surface area (Å²) < 4.78 is 12.8. The summed E-state index contributed by atoms with van der Waals surface area (Å²) in [7, 11) is 3.25. The van der Waals surface area contributed by atoms with Crippen molar-refractivity contribution >= 4 is 28.3 Å². The molecule has 4 rings (SSSR count). The van der Waals surface area contributed by atoms with Gasteiger partial charge >= 0.3 is 0 Å². The first kappa shape index (κ1) is 21.8. The first-order chi connectivity index (χ1) is 15.5. The van der Waals surface area contributed by atoms with Crippen molar-refractivity contribution in [2.24, 2.45) is 0 Å². The fourth-order valence-electron chi connectivity index (χ4n) is 3.75. The van der Waals surface area contributed by atoms with Crippen LogP contribution in [-0.2, 0) is 17.9 Å². The number of nitrogens with zero attached hydrogens (tertiary/aromatic N) is 3. The molecule has 0 atom stereocenters. The number of hydrogen-bond acceptors (Lipinski definition) is 6. The van der Waals surface area contributed by atoms with Crippen LogP contribution >= 0.6 is 11.3 Å². The Morgan fingerprint density at radius 1 is 1.16 bits per heavy atom. The first-order valence-corrected chi connectivity index (χ1v) is 11.2. The maximum Gasteiger partial charge on any atom is 0.222 e. The normalized spacial score (nSPS) is 11.0. The Morgan fingerprint density at radius 2 is 2.00 bits per heavy atom. The summed E-state index contributed by atoms with van der Waals surface area (Å²) in [5.41, 5.74) is 4.39. The van der Waals surface area contributed by atoms with E-state index in [2.05, 4.69) is 12.2 Å². The van der Waals surface area contributed by atoms with Crippen LogP contribution < -0.4 is 14.8 Å². The maximum absolute atomic E-state index is 12.4. The third-order valence-corrected chi connectivity index (χ3v) is 6.16. The number of pyridine rings is 1. The highest BCUT2D eigenvalue weighted by Crippen LogP contribution is 2.37. The quantitative estimate of drug-likeness (QED) is 0.428. The molecule has 8 heteroatoms. The van der Waals surface area contributed by atoms with Crippen LogP contribution in [0.15, 0.2) is 41.8 Å². The largest absolute Gasteiger partial charge is 0.497 e. The van der Waals surface area contributed by atoms with Crippen molar-refractivity contribution in [3.63, 3.8) is 0 Å². The molecule has 7 nitrogen and oxygen atoms in total. The molecule has 0 aliphatic rings. The zero-order valence-electron chi connectivity index (χ0n) is 18.6. The second-order valence-corrected chi connectivity index (χ2v) is 8.56. The van der Waals surface area contributed by atoms with Crippen LogP contribution in [0, 0.1) is 13.8 Å². The number of benzene rings is 1. The maximum atomic E-state index is 12.4. The summed E-state index contributed by atoms with van der Waals surface area (Å²) in [6.45, 7) is 4.99. The van der Waals surface area contributed by atoms with Crippen molar-refractivity contribution in [3.8, 4) is 22.8 Å². The van der Waals surface area contributed by atoms with E-state index < -0.39 is 0 Å². The number of hydrogen-bond donors (Lipinski definition) is 1. The van der Waals surface area contributed by atoms with E-state index in [9.17, 15) is 4.79 Å². The molecule has 0 fully saturated rings. The third-order valence-electron chi connectivity index (χ3n) is 5.28. The van der Waals surface area contributed by atoms with E-state index in [-0.39, 0.29) is 5.91 Å². The predicted octanol–water partition coefficient (Wildman–Crippen LogP) is 4.50. The van der Waals surface area contributed by atoms with E-state index in [1.165, 1.54) is 0 Å². The van der Waals surface area contributed by atoms with Crippen LogP contribution in [0.25, 0.3) is 22.3 Å². The molecule has 0 unspecified atom stereocenters. The third kappa shape index (κ3) is 4.45. The average Bonchev–Trinajstić information content (AvgIpc) is 3.43. The number of aryl methyl sites for hydroxylation is 3. The molecule has 0 aliphatic carbocycles. The van der Waals surface area contributed by atoms with Gasteiger partial charge in [-0.05, 0) is 49.1 Å². The second-order valence-electron chi connectivity index (χ2n) is 7.52. The van der Waals surface area contributed by atoms with Gasteiger partial charge in [0.05, 0.1) is 32.7 Å². The smallest absolute Gasteiger partial charge is 0.222 e. The molecular formula is C24H26N4O3S. The number of thiophene rings is 1.